The SMILES string of the molecule is O=C(O)c1ccc2oc(Cc3ccc(Cl)c(Cl)c3)nc2c1. The van der Waals surface area contributed by atoms with Crippen LogP contribution in [0.4, 0.5) is 0 Å². The zero-order valence-corrected chi connectivity index (χ0v) is 12.1. The number of nitrogens with zero attached hydrogens (tertiary/aromatic N) is 1. The minimum atomic E-state index is -0.995. The van der Waals surface area contributed by atoms with Crippen molar-refractivity contribution < 1.29 is 14.3 Å². The number of carboxylic acids is 1. The fraction of sp³-hybridized carbons (Fsp3) is 0.0667. The van der Waals surface area contributed by atoms with Crippen LogP contribution in [0.1, 0.15) is 21.8 Å². The predicted octanol–water partition coefficient (Wildman–Crippen LogP) is 4.42. The molecule has 0 spiro atoms. The normalized spacial score (nSPS) is 11.0. The van der Waals surface area contributed by atoms with E-state index >= 15 is 0 Å². The van der Waals surface area contributed by atoms with Gasteiger partial charge in [0.2, 0.25) is 0 Å². The van der Waals surface area contributed by atoms with Crippen LogP contribution < -0.4 is 0 Å². The molecule has 4 nitrogen and oxygen atoms in total. The maximum absolute atomic E-state index is 10.9. The smallest absolute Gasteiger partial charge is 0.335 e. The average Bonchev–Trinajstić information content (AvgIpc) is 2.84. The Morgan fingerprint density at radius 3 is 2.67 bits per heavy atom. The lowest BCUT2D eigenvalue weighted by molar-refractivity contribution is 0.0697. The average molecular weight is 322 g/mol. The second kappa shape index (κ2) is 5.39. The van der Waals surface area contributed by atoms with E-state index in [1.807, 2.05) is 6.07 Å². The first-order valence-electron chi connectivity index (χ1n) is 6.09. The van der Waals surface area contributed by atoms with Gasteiger partial charge in [0.25, 0.3) is 0 Å². The molecule has 0 fully saturated rings. The van der Waals surface area contributed by atoms with Crippen molar-refractivity contribution in [1.82, 2.24) is 4.98 Å². The van der Waals surface area contributed by atoms with Crippen molar-refractivity contribution in [1.29, 1.82) is 0 Å². The van der Waals surface area contributed by atoms with E-state index in [9.17, 15) is 4.79 Å². The lowest BCUT2D eigenvalue weighted by atomic mass is 10.1. The van der Waals surface area contributed by atoms with E-state index in [0.29, 0.717) is 33.5 Å². The van der Waals surface area contributed by atoms with E-state index in [1.165, 1.54) is 12.1 Å². The summed E-state index contributed by atoms with van der Waals surface area (Å²) in [7, 11) is 0. The summed E-state index contributed by atoms with van der Waals surface area (Å²) in [6, 6.07) is 9.88. The van der Waals surface area contributed by atoms with Crippen molar-refractivity contribution in [3.63, 3.8) is 0 Å². The van der Waals surface area contributed by atoms with Gasteiger partial charge in [-0.05, 0) is 35.9 Å². The van der Waals surface area contributed by atoms with Crippen LogP contribution in [0.5, 0.6) is 0 Å². The third-order valence-corrected chi connectivity index (χ3v) is 3.76. The molecule has 1 aromatic heterocycles. The number of benzene rings is 2. The van der Waals surface area contributed by atoms with E-state index in [1.54, 1.807) is 18.2 Å². The molecule has 0 aliphatic rings. The number of hydrogen-bond donors (Lipinski definition) is 1. The molecule has 0 aliphatic heterocycles. The maximum atomic E-state index is 10.9. The second-order valence-corrected chi connectivity index (χ2v) is 5.33. The first-order chi connectivity index (χ1) is 10.0. The van der Waals surface area contributed by atoms with Crippen LogP contribution in [0.15, 0.2) is 40.8 Å². The Labute approximate surface area is 129 Å². The Morgan fingerprint density at radius 2 is 1.95 bits per heavy atom. The fourth-order valence-corrected chi connectivity index (χ4v) is 2.33. The van der Waals surface area contributed by atoms with Crippen LogP contribution in [-0.2, 0) is 6.42 Å². The van der Waals surface area contributed by atoms with Gasteiger partial charge in [0.05, 0.1) is 15.6 Å². The first kappa shape index (κ1) is 13.9. The molecule has 0 aliphatic carbocycles. The highest BCUT2D eigenvalue weighted by atomic mass is 35.5. The Bertz CT molecular complexity index is 842. The van der Waals surface area contributed by atoms with Crippen molar-refractivity contribution in [2.45, 2.75) is 6.42 Å². The molecule has 6 heteroatoms. The number of fused-ring (bicyclic) bond motifs is 1. The van der Waals surface area contributed by atoms with Crippen molar-refractivity contribution in [2.75, 3.05) is 0 Å². The van der Waals surface area contributed by atoms with Crippen molar-refractivity contribution in [3.8, 4) is 0 Å². The van der Waals surface area contributed by atoms with Gasteiger partial charge in [0.15, 0.2) is 11.5 Å². The summed E-state index contributed by atoms with van der Waals surface area (Å²) in [6.45, 7) is 0. The van der Waals surface area contributed by atoms with Gasteiger partial charge in [-0.2, -0.15) is 0 Å². The fourth-order valence-electron chi connectivity index (χ4n) is 2.01. The summed E-state index contributed by atoms with van der Waals surface area (Å²) in [5, 5.41) is 9.92. The van der Waals surface area contributed by atoms with Crippen LogP contribution >= 0.6 is 23.2 Å². The van der Waals surface area contributed by atoms with Crippen LogP contribution in [0.3, 0.4) is 0 Å². The number of halogens is 2. The minimum absolute atomic E-state index is 0.178. The van der Waals surface area contributed by atoms with Crippen molar-refractivity contribution in [3.05, 3.63) is 63.5 Å². The number of rotatable bonds is 3. The monoisotopic (exact) mass is 321 g/mol. The summed E-state index contributed by atoms with van der Waals surface area (Å²) in [5.74, 6) is -0.503. The van der Waals surface area contributed by atoms with E-state index in [4.69, 9.17) is 32.7 Å². The van der Waals surface area contributed by atoms with E-state index in [2.05, 4.69) is 4.98 Å². The quantitative estimate of drug-likeness (QED) is 0.775. The molecule has 0 amide bonds. The molecular weight excluding hydrogens is 313 g/mol. The lowest BCUT2D eigenvalue weighted by Gasteiger charge is -1.99. The summed E-state index contributed by atoms with van der Waals surface area (Å²) in [4.78, 5) is 15.2. The molecule has 21 heavy (non-hydrogen) atoms. The summed E-state index contributed by atoms with van der Waals surface area (Å²) >= 11 is 11.8. The zero-order chi connectivity index (χ0) is 15.0. The number of carboxylic acid groups (broad SMARTS) is 1. The van der Waals surface area contributed by atoms with Gasteiger partial charge in [0, 0.05) is 6.42 Å². The molecule has 3 aromatic rings. The Hall–Kier alpha value is -2.04. The van der Waals surface area contributed by atoms with Gasteiger partial charge in [0.1, 0.15) is 5.52 Å². The standard InChI is InChI=1S/C15H9Cl2NO3/c16-10-3-1-8(5-11(10)17)6-14-18-12-7-9(15(19)20)2-4-13(12)21-14/h1-5,7H,6H2,(H,19,20). The van der Waals surface area contributed by atoms with Crippen molar-refractivity contribution in [2.24, 2.45) is 0 Å². The number of hydrogen-bond acceptors (Lipinski definition) is 3. The van der Waals surface area contributed by atoms with Gasteiger partial charge in [-0.15, -0.1) is 0 Å². The minimum Gasteiger partial charge on any atom is -0.478 e. The largest absolute Gasteiger partial charge is 0.478 e. The summed E-state index contributed by atoms with van der Waals surface area (Å²) < 4.78 is 5.60. The molecule has 0 radical (unpaired) electrons. The number of aromatic nitrogens is 1. The van der Waals surface area contributed by atoms with E-state index < -0.39 is 5.97 Å². The molecule has 3 rings (SSSR count). The first-order valence-corrected chi connectivity index (χ1v) is 6.85. The van der Waals surface area contributed by atoms with E-state index in [0.717, 1.165) is 5.56 Å². The number of carbonyl (C=O) groups is 1. The van der Waals surface area contributed by atoms with Crippen LogP contribution in [0.2, 0.25) is 10.0 Å². The van der Waals surface area contributed by atoms with Gasteiger partial charge >= 0.3 is 5.97 Å². The molecule has 0 unspecified atom stereocenters. The molecule has 2 aromatic carbocycles. The topological polar surface area (TPSA) is 63.3 Å². The molecule has 106 valence electrons. The van der Waals surface area contributed by atoms with Crippen LogP contribution in [0, 0.1) is 0 Å². The van der Waals surface area contributed by atoms with Crippen LogP contribution in [0.25, 0.3) is 11.1 Å². The number of aromatic carboxylic acids is 1. The Kier molecular flexibility index (Phi) is 3.57. The van der Waals surface area contributed by atoms with Gasteiger partial charge in [-0.3, -0.25) is 0 Å². The summed E-state index contributed by atoms with van der Waals surface area (Å²) in [6.07, 6.45) is 0.452. The molecular formula is C15H9Cl2NO3. The molecule has 0 saturated heterocycles. The van der Waals surface area contributed by atoms with Crippen molar-refractivity contribution >= 4 is 40.3 Å². The number of oxazole rings is 1. The third kappa shape index (κ3) is 2.86. The van der Waals surface area contributed by atoms with Gasteiger partial charge < -0.3 is 9.52 Å². The second-order valence-electron chi connectivity index (χ2n) is 4.52. The molecule has 0 atom stereocenters. The van der Waals surface area contributed by atoms with Gasteiger partial charge in [-0.1, -0.05) is 29.3 Å². The molecule has 0 bridgehead atoms. The zero-order valence-electron chi connectivity index (χ0n) is 10.6. The molecule has 0 saturated carbocycles. The Morgan fingerprint density at radius 1 is 1.14 bits per heavy atom. The highest BCUT2D eigenvalue weighted by Crippen LogP contribution is 2.25. The summed E-state index contributed by atoms with van der Waals surface area (Å²) in [5.41, 5.74) is 2.16. The maximum Gasteiger partial charge on any atom is 0.335 e. The molecule has 1 N–H and O–H groups in total. The van der Waals surface area contributed by atoms with Crippen LogP contribution in [-0.4, -0.2) is 16.1 Å². The Balaban J connectivity index is 1.93. The highest BCUT2D eigenvalue weighted by Gasteiger charge is 2.10. The van der Waals surface area contributed by atoms with Gasteiger partial charge in [-0.25, -0.2) is 9.78 Å². The highest BCUT2D eigenvalue weighted by molar-refractivity contribution is 6.42. The lowest BCUT2D eigenvalue weighted by Crippen LogP contribution is -1.94. The molecule has 1 heterocycles. The third-order valence-electron chi connectivity index (χ3n) is 3.02. The predicted molar refractivity (Wildman–Crippen MR) is 80.2 cm³/mol. The van der Waals surface area contributed by atoms with E-state index in [-0.39, 0.29) is 5.56 Å².